The number of carboxylic acid groups (broad SMARTS) is 1. The summed E-state index contributed by atoms with van der Waals surface area (Å²) in [6.45, 7) is 1.66. The second kappa shape index (κ2) is 4.14. The molecule has 0 aromatic carbocycles. The molecule has 4 heteroatoms. The van der Waals surface area contributed by atoms with Gasteiger partial charge in [0.05, 0.1) is 11.4 Å². The molecule has 3 atom stereocenters. The first-order valence-corrected chi connectivity index (χ1v) is 5.12. The van der Waals surface area contributed by atoms with E-state index < -0.39 is 11.2 Å². The Morgan fingerprint density at radius 2 is 2.25 bits per heavy atom. The summed E-state index contributed by atoms with van der Waals surface area (Å²) in [4.78, 5) is 10.5. The van der Waals surface area contributed by atoms with E-state index in [-0.39, 0.29) is 11.4 Å². The zero-order chi connectivity index (χ0) is 9.14. The normalized spacial score (nSPS) is 31.8. The number of carbonyl (C=O) groups is 1. The van der Waals surface area contributed by atoms with Crippen LogP contribution in [0.1, 0.15) is 26.2 Å². The van der Waals surface area contributed by atoms with Gasteiger partial charge in [0.15, 0.2) is 0 Å². The number of carboxylic acids is 1. The minimum absolute atomic E-state index is 0.135. The fourth-order valence-corrected chi connectivity index (χ4v) is 2.65. The summed E-state index contributed by atoms with van der Waals surface area (Å²) >= 11 is 1.37. The molecular weight excluding hydrogens is 176 g/mol. The number of aliphatic hydroxyl groups excluding tert-OH is 1. The first kappa shape index (κ1) is 9.86. The van der Waals surface area contributed by atoms with Gasteiger partial charge in [-0.2, -0.15) is 0 Å². The zero-order valence-electron chi connectivity index (χ0n) is 7.06. The van der Waals surface area contributed by atoms with Gasteiger partial charge >= 0.3 is 5.97 Å². The van der Waals surface area contributed by atoms with Crippen LogP contribution in [0.15, 0.2) is 0 Å². The molecule has 0 bridgehead atoms. The highest BCUT2D eigenvalue weighted by molar-refractivity contribution is 8.01. The fourth-order valence-electron chi connectivity index (χ4n) is 1.39. The number of thioether (sulfide) groups is 1. The molecule has 1 aliphatic carbocycles. The molecule has 0 radical (unpaired) electrons. The Labute approximate surface area is 76.2 Å². The predicted molar refractivity (Wildman–Crippen MR) is 48.3 cm³/mol. The van der Waals surface area contributed by atoms with Crippen molar-refractivity contribution in [1.82, 2.24) is 0 Å². The second-order valence-corrected chi connectivity index (χ2v) is 4.74. The maximum atomic E-state index is 10.5. The minimum Gasteiger partial charge on any atom is -0.480 e. The number of hydrogen-bond acceptors (Lipinski definition) is 3. The Morgan fingerprint density at radius 1 is 1.58 bits per heavy atom. The molecule has 0 saturated heterocycles. The third-order valence-electron chi connectivity index (χ3n) is 2.14. The lowest BCUT2D eigenvalue weighted by molar-refractivity contribution is -0.136. The smallest absolute Gasteiger partial charge is 0.316 e. The standard InChI is InChI=1S/C8H14O3S/c1-5(8(10)11)12-7-4-2-3-6(7)9/h5-7,9H,2-4H2,1H3,(H,10,11). The van der Waals surface area contributed by atoms with E-state index in [2.05, 4.69) is 0 Å². The summed E-state index contributed by atoms with van der Waals surface area (Å²) in [7, 11) is 0. The molecule has 12 heavy (non-hydrogen) atoms. The van der Waals surface area contributed by atoms with Gasteiger partial charge in [0.1, 0.15) is 0 Å². The van der Waals surface area contributed by atoms with Crippen LogP contribution in [-0.4, -0.2) is 32.8 Å². The molecule has 0 heterocycles. The van der Waals surface area contributed by atoms with E-state index in [1.165, 1.54) is 11.8 Å². The molecule has 2 N–H and O–H groups in total. The molecule has 0 spiro atoms. The monoisotopic (exact) mass is 190 g/mol. The van der Waals surface area contributed by atoms with E-state index in [1.807, 2.05) is 0 Å². The maximum absolute atomic E-state index is 10.5. The Balaban J connectivity index is 2.35. The van der Waals surface area contributed by atoms with Crippen LogP contribution >= 0.6 is 11.8 Å². The molecule has 3 unspecified atom stereocenters. The molecule has 0 amide bonds. The first-order chi connectivity index (χ1) is 5.61. The van der Waals surface area contributed by atoms with Crippen LogP contribution in [0.3, 0.4) is 0 Å². The molecule has 1 fully saturated rings. The summed E-state index contributed by atoms with van der Waals surface area (Å²) in [5.41, 5.74) is 0. The van der Waals surface area contributed by atoms with Crippen molar-refractivity contribution >= 4 is 17.7 Å². The van der Waals surface area contributed by atoms with E-state index >= 15 is 0 Å². The van der Waals surface area contributed by atoms with Crippen molar-refractivity contribution in [2.24, 2.45) is 0 Å². The third-order valence-corrected chi connectivity index (χ3v) is 3.65. The van der Waals surface area contributed by atoms with Crippen LogP contribution in [0.4, 0.5) is 0 Å². The minimum atomic E-state index is -0.792. The molecule has 1 saturated carbocycles. The van der Waals surface area contributed by atoms with Crippen LogP contribution in [0, 0.1) is 0 Å². The summed E-state index contributed by atoms with van der Waals surface area (Å²) < 4.78 is 0. The lowest BCUT2D eigenvalue weighted by atomic mass is 10.3. The van der Waals surface area contributed by atoms with Crippen molar-refractivity contribution in [2.75, 3.05) is 0 Å². The fraction of sp³-hybridized carbons (Fsp3) is 0.875. The van der Waals surface area contributed by atoms with Gasteiger partial charge < -0.3 is 10.2 Å². The van der Waals surface area contributed by atoms with E-state index in [0.717, 1.165) is 19.3 Å². The van der Waals surface area contributed by atoms with Crippen LogP contribution in [0.2, 0.25) is 0 Å². The van der Waals surface area contributed by atoms with Gasteiger partial charge in [0.25, 0.3) is 0 Å². The van der Waals surface area contributed by atoms with E-state index in [9.17, 15) is 9.90 Å². The maximum Gasteiger partial charge on any atom is 0.316 e. The van der Waals surface area contributed by atoms with Gasteiger partial charge in [-0.25, -0.2) is 0 Å². The average molecular weight is 190 g/mol. The van der Waals surface area contributed by atoms with Gasteiger partial charge in [-0.3, -0.25) is 4.79 Å². The van der Waals surface area contributed by atoms with Gasteiger partial charge in [-0.05, 0) is 26.2 Å². The molecule has 0 aromatic rings. The van der Waals surface area contributed by atoms with Crippen molar-refractivity contribution < 1.29 is 15.0 Å². The number of hydrogen-bond donors (Lipinski definition) is 2. The van der Waals surface area contributed by atoms with Crippen molar-refractivity contribution in [1.29, 1.82) is 0 Å². The SMILES string of the molecule is CC(SC1CCCC1O)C(=O)O. The first-order valence-electron chi connectivity index (χ1n) is 4.17. The Bertz CT molecular complexity index is 172. The average Bonchev–Trinajstić information content (AvgIpc) is 2.36. The van der Waals surface area contributed by atoms with E-state index in [1.54, 1.807) is 6.92 Å². The number of aliphatic carboxylic acids is 1. The lowest BCUT2D eigenvalue weighted by Gasteiger charge is -2.15. The Hall–Kier alpha value is -0.220. The van der Waals surface area contributed by atoms with Gasteiger partial charge in [-0.1, -0.05) is 0 Å². The van der Waals surface area contributed by atoms with Crippen LogP contribution in [0.5, 0.6) is 0 Å². The molecule has 70 valence electrons. The predicted octanol–water partition coefficient (Wildman–Crippen LogP) is 1.11. The molecule has 1 aliphatic rings. The Kier molecular flexibility index (Phi) is 3.40. The summed E-state index contributed by atoms with van der Waals surface area (Å²) in [6.07, 6.45) is 2.50. The van der Waals surface area contributed by atoms with E-state index in [4.69, 9.17) is 5.11 Å². The third kappa shape index (κ3) is 2.38. The van der Waals surface area contributed by atoms with E-state index in [0.29, 0.717) is 0 Å². The molecule has 0 aliphatic heterocycles. The summed E-state index contributed by atoms with van der Waals surface area (Å²) in [5, 5.41) is 17.8. The van der Waals surface area contributed by atoms with Crippen molar-refractivity contribution in [2.45, 2.75) is 42.8 Å². The van der Waals surface area contributed by atoms with Crippen molar-refractivity contribution in [3.8, 4) is 0 Å². The van der Waals surface area contributed by atoms with Crippen molar-refractivity contribution in [3.05, 3.63) is 0 Å². The highest BCUT2D eigenvalue weighted by Crippen LogP contribution is 2.32. The topological polar surface area (TPSA) is 57.5 Å². The number of aliphatic hydroxyl groups is 1. The molecule has 0 aromatic heterocycles. The molecule has 3 nitrogen and oxygen atoms in total. The molecular formula is C8H14O3S. The van der Waals surface area contributed by atoms with Gasteiger partial charge in [0.2, 0.25) is 0 Å². The number of rotatable bonds is 3. The second-order valence-electron chi connectivity index (χ2n) is 3.15. The van der Waals surface area contributed by atoms with Crippen LogP contribution in [-0.2, 0) is 4.79 Å². The summed E-state index contributed by atoms with van der Waals surface area (Å²) in [6, 6.07) is 0. The Morgan fingerprint density at radius 3 is 2.67 bits per heavy atom. The van der Waals surface area contributed by atoms with Gasteiger partial charge in [0, 0.05) is 5.25 Å². The highest BCUT2D eigenvalue weighted by atomic mass is 32.2. The zero-order valence-corrected chi connectivity index (χ0v) is 7.88. The molecule has 1 rings (SSSR count). The quantitative estimate of drug-likeness (QED) is 0.700. The van der Waals surface area contributed by atoms with Crippen LogP contribution in [0.25, 0.3) is 0 Å². The summed E-state index contributed by atoms with van der Waals surface area (Å²) in [5.74, 6) is -0.792. The lowest BCUT2D eigenvalue weighted by Crippen LogP contribution is -2.22. The largest absolute Gasteiger partial charge is 0.480 e. The van der Waals surface area contributed by atoms with Crippen molar-refractivity contribution in [3.63, 3.8) is 0 Å². The van der Waals surface area contributed by atoms with Gasteiger partial charge in [-0.15, -0.1) is 11.8 Å². The highest BCUT2D eigenvalue weighted by Gasteiger charge is 2.28. The van der Waals surface area contributed by atoms with Crippen LogP contribution < -0.4 is 0 Å².